The lowest BCUT2D eigenvalue weighted by Crippen LogP contribution is -2.37. The molecule has 16 heavy (non-hydrogen) atoms. The number of hydrogen-bond acceptors (Lipinski definition) is 4. The molecule has 88 valence electrons. The zero-order valence-electron chi connectivity index (χ0n) is 9.49. The Labute approximate surface area is 101 Å². The second-order valence-corrected chi connectivity index (χ2v) is 4.73. The number of nitrogens with one attached hydrogen (secondary N) is 1. The van der Waals surface area contributed by atoms with Crippen LogP contribution in [0.25, 0.3) is 0 Å². The Morgan fingerprint density at radius 1 is 1.50 bits per heavy atom. The first-order valence-corrected chi connectivity index (χ1v) is 6.03. The lowest BCUT2D eigenvalue weighted by molar-refractivity contribution is 0.380. The summed E-state index contributed by atoms with van der Waals surface area (Å²) in [5.74, 6) is 1.44. The minimum absolute atomic E-state index is 0.580. The molecule has 0 spiro atoms. The van der Waals surface area contributed by atoms with Gasteiger partial charge in [0, 0.05) is 13.6 Å². The molecule has 0 aliphatic carbocycles. The number of hydrogen-bond donors (Lipinski definition) is 1. The second-order valence-electron chi connectivity index (χ2n) is 4.29. The lowest BCUT2D eigenvalue weighted by atomic mass is 9.99. The van der Waals surface area contributed by atoms with Gasteiger partial charge in [0.05, 0.1) is 17.4 Å². The third-order valence-corrected chi connectivity index (χ3v) is 3.07. The van der Waals surface area contributed by atoms with Crippen molar-refractivity contribution >= 4 is 17.5 Å². The van der Waals surface area contributed by atoms with Crippen LogP contribution in [0.15, 0.2) is 12.4 Å². The van der Waals surface area contributed by atoms with E-state index in [9.17, 15) is 0 Å². The summed E-state index contributed by atoms with van der Waals surface area (Å²) >= 11 is 5.75. The van der Waals surface area contributed by atoms with E-state index in [0.29, 0.717) is 10.9 Å². The van der Waals surface area contributed by atoms with Gasteiger partial charge in [0.15, 0.2) is 0 Å². The Morgan fingerprint density at radius 3 is 2.88 bits per heavy atom. The average molecular weight is 241 g/mol. The van der Waals surface area contributed by atoms with Crippen molar-refractivity contribution in [3.05, 3.63) is 17.4 Å². The first-order chi connectivity index (χ1) is 7.75. The predicted molar refractivity (Wildman–Crippen MR) is 65.9 cm³/mol. The molecule has 1 atom stereocenters. The van der Waals surface area contributed by atoms with E-state index in [0.717, 1.165) is 25.6 Å². The number of nitrogens with zero attached hydrogens (tertiary/aromatic N) is 3. The number of piperidine rings is 1. The molecule has 2 rings (SSSR count). The van der Waals surface area contributed by atoms with E-state index in [1.165, 1.54) is 12.8 Å². The van der Waals surface area contributed by atoms with Gasteiger partial charge in [-0.3, -0.25) is 0 Å². The maximum absolute atomic E-state index is 5.75. The molecule has 1 aliphatic rings. The van der Waals surface area contributed by atoms with Crippen LogP contribution in [0.2, 0.25) is 5.02 Å². The van der Waals surface area contributed by atoms with Gasteiger partial charge in [-0.25, -0.2) is 9.97 Å². The van der Waals surface area contributed by atoms with E-state index in [2.05, 4.69) is 20.2 Å². The summed E-state index contributed by atoms with van der Waals surface area (Å²) in [6, 6.07) is 0. The summed E-state index contributed by atoms with van der Waals surface area (Å²) in [5.41, 5.74) is 0. The van der Waals surface area contributed by atoms with Gasteiger partial charge in [-0.05, 0) is 31.8 Å². The van der Waals surface area contributed by atoms with E-state index >= 15 is 0 Å². The van der Waals surface area contributed by atoms with Crippen LogP contribution in [0.4, 0.5) is 5.95 Å². The van der Waals surface area contributed by atoms with Crippen molar-refractivity contribution in [2.24, 2.45) is 5.92 Å². The van der Waals surface area contributed by atoms with Crippen molar-refractivity contribution in [3.8, 4) is 0 Å². The number of anilines is 1. The van der Waals surface area contributed by atoms with Crippen LogP contribution in [0.5, 0.6) is 0 Å². The summed E-state index contributed by atoms with van der Waals surface area (Å²) in [5, 5.41) is 3.99. The van der Waals surface area contributed by atoms with Crippen molar-refractivity contribution in [2.75, 3.05) is 31.6 Å². The lowest BCUT2D eigenvalue weighted by Gasteiger charge is -2.27. The molecule has 1 unspecified atom stereocenters. The van der Waals surface area contributed by atoms with Gasteiger partial charge in [0.25, 0.3) is 0 Å². The largest absolute Gasteiger partial charge is 0.344 e. The van der Waals surface area contributed by atoms with Crippen LogP contribution < -0.4 is 10.2 Å². The summed E-state index contributed by atoms with van der Waals surface area (Å²) in [6.07, 6.45) is 5.82. The summed E-state index contributed by atoms with van der Waals surface area (Å²) in [7, 11) is 2.03. The van der Waals surface area contributed by atoms with E-state index in [-0.39, 0.29) is 0 Å². The minimum atomic E-state index is 0.580. The molecule has 5 heteroatoms. The molecule has 0 radical (unpaired) electrons. The van der Waals surface area contributed by atoms with Crippen molar-refractivity contribution in [3.63, 3.8) is 0 Å². The number of rotatable bonds is 3. The maximum Gasteiger partial charge on any atom is 0.225 e. The molecule has 1 aromatic rings. The van der Waals surface area contributed by atoms with Crippen molar-refractivity contribution < 1.29 is 0 Å². The van der Waals surface area contributed by atoms with E-state index in [1.54, 1.807) is 12.4 Å². The smallest absolute Gasteiger partial charge is 0.225 e. The Balaban J connectivity index is 1.91. The molecule has 0 aromatic carbocycles. The topological polar surface area (TPSA) is 41.0 Å². The van der Waals surface area contributed by atoms with E-state index < -0.39 is 0 Å². The Bertz CT molecular complexity index is 321. The van der Waals surface area contributed by atoms with Crippen molar-refractivity contribution in [1.29, 1.82) is 0 Å². The molecule has 2 heterocycles. The van der Waals surface area contributed by atoms with Crippen molar-refractivity contribution in [1.82, 2.24) is 15.3 Å². The fraction of sp³-hybridized carbons (Fsp3) is 0.636. The average Bonchev–Trinajstić information content (AvgIpc) is 2.31. The van der Waals surface area contributed by atoms with Gasteiger partial charge in [0.2, 0.25) is 5.95 Å². The van der Waals surface area contributed by atoms with Gasteiger partial charge in [-0.1, -0.05) is 11.6 Å². The van der Waals surface area contributed by atoms with Gasteiger partial charge in [-0.15, -0.1) is 0 Å². The molecule has 1 aromatic heterocycles. The molecule has 1 saturated heterocycles. The quantitative estimate of drug-likeness (QED) is 0.871. The van der Waals surface area contributed by atoms with Gasteiger partial charge in [0.1, 0.15) is 0 Å². The van der Waals surface area contributed by atoms with Gasteiger partial charge >= 0.3 is 0 Å². The highest BCUT2D eigenvalue weighted by atomic mass is 35.5. The molecule has 1 fully saturated rings. The van der Waals surface area contributed by atoms with Crippen LogP contribution in [0.3, 0.4) is 0 Å². The zero-order valence-corrected chi connectivity index (χ0v) is 10.2. The third kappa shape index (κ3) is 3.06. The molecule has 4 nitrogen and oxygen atoms in total. The monoisotopic (exact) mass is 240 g/mol. The highest BCUT2D eigenvalue weighted by molar-refractivity contribution is 6.30. The third-order valence-electron chi connectivity index (χ3n) is 2.88. The fourth-order valence-corrected chi connectivity index (χ4v) is 2.15. The first-order valence-electron chi connectivity index (χ1n) is 5.65. The molecule has 0 amide bonds. The van der Waals surface area contributed by atoms with Gasteiger partial charge in [-0.2, -0.15) is 0 Å². The number of aromatic nitrogens is 2. The normalized spacial score (nSPS) is 20.8. The van der Waals surface area contributed by atoms with Crippen LogP contribution in [0, 0.1) is 5.92 Å². The predicted octanol–water partition coefficient (Wildman–Crippen LogP) is 1.57. The van der Waals surface area contributed by atoms with Crippen LogP contribution in [0.1, 0.15) is 12.8 Å². The molecular weight excluding hydrogens is 224 g/mol. The SMILES string of the molecule is CN(CC1CCCNC1)c1ncc(Cl)cn1. The van der Waals surface area contributed by atoms with Gasteiger partial charge < -0.3 is 10.2 Å². The van der Waals surface area contributed by atoms with Crippen LogP contribution in [-0.4, -0.2) is 36.6 Å². The molecular formula is C11H17ClN4. The zero-order chi connectivity index (χ0) is 11.4. The second kappa shape index (κ2) is 5.46. The van der Waals surface area contributed by atoms with Crippen LogP contribution in [-0.2, 0) is 0 Å². The van der Waals surface area contributed by atoms with Crippen LogP contribution >= 0.6 is 11.6 Å². The summed E-state index contributed by atoms with van der Waals surface area (Å²) in [4.78, 5) is 10.5. The summed E-state index contributed by atoms with van der Waals surface area (Å²) in [6.45, 7) is 3.24. The molecule has 0 saturated carbocycles. The Kier molecular flexibility index (Phi) is 3.96. The van der Waals surface area contributed by atoms with E-state index in [4.69, 9.17) is 11.6 Å². The molecule has 1 aliphatic heterocycles. The maximum atomic E-state index is 5.75. The highest BCUT2D eigenvalue weighted by Gasteiger charge is 2.16. The van der Waals surface area contributed by atoms with Crippen molar-refractivity contribution in [2.45, 2.75) is 12.8 Å². The fourth-order valence-electron chi connectivity index (χ4n) is 2.05. The Hall–Kier alpha value is -0.870. The number of halogens is 1. The highest BCUT2D eigenvalue weighted by Crippen LogP contribution is 2.14. The molecule has 0 bridgehead atoms. The minimum Gasteiger partial charge on any atom is -0.344 e. The first kappa shape index (κ1) is 11.6. The summed E-state index contributed by atoms with van der Waals surface area (Å²) < 4.78 is 0. The Morgan fingerprint density at radius 2 is 2.25 bits per heavy atom. The molecule has 1 N–H and O–H groups in total. The van der Waals surface area contributed by atoms with E-state index in [1.807, 2.05) is 7.05 Å². The standard InChI is InChI=1S/C11H17ClN4/c1-16(8-9-3-2-4-13-5-9)11-14-6-10(12)7-15-11/h6-7,9,13H,2-5,8H2,1H3.